The third kappa shape index (κ3) is 2.49. The van der Waals surface area contributed by atoms with E-state index in [4.69, 9.17) is 0 Å². The number of aryl methyl sites for hydroxylation is 1. The quantitative estimate of drug-likeness (QED) is 0.854. The predicted molar refractivity (Wildman–Crippen MR) is 82.8 cm³/mol. The van der Waals surface area contributed by atoms with Gasteiger partial charge in [-0.1, -0.05) is 61.9 Å². The second kappa shape index (κ2) is 5.20. The Morgan fingerprint density at radius 3 is 2.33 bits per heavy atom. The molecule has 0 saturated heterocycles. The summed E-state index contributed by atoms with van der Waals surface area (Å²) >= 11 is 0. The van der Waals surface area contributed by atoms with E-state index in [1.807, 2.05) is 37.3 Å². The van der Waals surface area contributed by atoms with E-state index in [0.717, 1.165) is 15.9 Å². The van der Waals surface area contributed by atoms with Gasteiger partial charge in [0.05, 0.1) is 0 Å². The molecule has 0 fully saturated rings. The Balaban J connectivity index is 1.98. The van der Waals surface area contributed by atoms with Gasteiger partial charge in [0, 0.05) is 11.1 Å². The molecule has 2 atom stereocenters. The maximum absolute atomic E-state index is 10.4. The van der Waals surface area contributed by atoms with Crippen LogP contribution in [0.2, 0.25) is 0 Å². The first-order chi connectivity index (χ1) is 10.1. The number of benzene rings is 1. The molecule has 1 heterocycles. The van der Waals surface area contributed by atoms with E-state index in [2.05, 4.69) is 36.2 Å². The van der Waals surface area contributed by atoms with Crippen LogP contribution >= 0.6 is 0 Å². The Morgan fingerprint density at radius 1 is 1.00 bits per heavy atom. The van der Waals surface area contributed by atoms with Crippen molar-refractivity contribution in [1.29, 1.82) is 0 Å². The molecule has 0 spiro atoms. The highest BCUT2D eigenvalue weighted by Crippen LogP contribution is 2.28. The van der Waals surface area contributed by atoms with Crippen molar-refractivity contribution in [3.05, 3.63) is 53.9 Å². The van der Waals surface area contributed by atoms with Crippen molar-refractivity contribution < 1.29 is 5.21 Å². The third-order valence-corrected chi connectivity index (χ3v) is 4.06. The number of aromatic nitrogens is 3. The van der Waals surface area contributed by atoms with Crippen LogP contribution in [-0.4, -0.2) is 20.1 Å². The summed E-state index contributed by atoms with van der Waals surface area (Å²) in [6, 6.07) is 7.86. The molecule has 0 saturated carbocycles. The summed E-state index contributed by atoms with van der Waals surface area (Å²) in [5.74, 6) is 1.87. The monoisotopic (exact) mass is 281 g/mol. The van der Waals surface area contributed by atoms with Gasteiger partial charge in [-0.3, -0.25) is 0 Å². The van der Waals surface area contributed by atoms with Gasteiger partial charge in [-0.25, -0.2) is 0 Å². The molecule has 1 aliphatic rings. The van der Waals surface area contributed by atoms with Crippen LogP contribution in [0.25, 0.3) is 17.0 Å². The molecule has 2 aromatic rings. The van der Waals surface area contributed by atoms with Crippen LogP contribution in [0.3, 0.4) is 0 Å². The SMILES string of the molecule is Cc1ccc(-c2nnc(C3=CC(C)C(C)C=C3)n2O)cc1. The minimum atomic E-state index is 0.421. The lowest BCUT2D eigenvalue weighted by atomic mass is 9.88. The summed E-state index contributed by atoms with van der Waals surface area (Å²) in [7, 11) is 0. The van der Waals surface area contributed by atoms with Gasteiger partial charge >= 0.3 is 0 Å². The summed E-state index contributed by atoms with van der Waals surface area (Å²) < 4.78 is 1.07. The third-order valence-electron chi connectivity index (χ3n) is 4.06. The van der Waals surface area contributed by atoms with E-state index in [1.54, 1.807) is 0 Å². The summed E-state index contributed by atoms with van der Waals surface area (Å²) in [5, 5.41) is 18.6. The first-order valence-corrected chi connectivity index (χ1v) is 7.18. The van der Waals surface area contributed by atoms with E-state index < -0.39 is 0 Å². The Kier molecular flexibility index (Phi) is 3.37. The molecule has 4 heteroatoms. The Hall–Kier alpha value is -2.36. The van der Waals surface area contributed by atoms with Gasteiger partial charge in [-0.15, -0.1) is 14.9 Å². The van der Waals surface area contributed by atoms with E-state index in [0.29, 0.717) is 23.5 Å². The van der Waals surface area contributed by atoms with Gasteiger partial charge in [-0.2, -0.15) is 0 Å². The molecule has 1 aromatic heterocycles. The van der Waals surface area contributed by atoms with E-state index in [-0.39, 0.29) is 0 Å². The summed E-state index contributed by atoms with van der Waals surface area (Å²) in [5.41, 5.74) is 2.93. The van der Waals surface area contributed by atoms with Crippen molar-refractivity contribution in [2.75, 3.05) is 0 Å². The average Bonchev–Trinajstić information content (AvgIpc) is 2.85. The first kappa shape index (κ1) is 13.6. The van der Waals surface area contributed by atoms with Crippen molar-refractivity contribution in [3.63, 3.8) is 0 Å². The van der Waals surface area contributed by atoms with Crippen LogP contribution in [-0.2, 0) is 0 Å². The molecule has 1 N–H and O–H groups in total. The molecule has 2 unspecified atom stereocenters. The molecule has 0 bridgehead atoms. The fourth-order valence-corrected chi connectivity index (χ4v) is 2.41. The van der Waals surface area contributed by atoms with E-state index in [1.165, 1.54) is 5.56 Å². The summed E-state index contributed by atoms with van der Waals surface area (Å²) in [4.78, 5) is 0. The zero-order valence-electron chi connectivity index (χ0n) is 12.5. The molecule has 0 radical (unpaired) electrons. The molecule has 4 nitrogen and oxygen atoms in total. The first-order valence-electron chi connectivity index (χ1n) is 7.18. The molecule has 1 aromatic carbocycles. The Bertz CT molecular complexity index is 710. The average molecular weight is 281 g/mol. The second-order valence-electron chi connectivity index (χ2n) is 5.72. The highest BCUT2D eigenvalue weighted by Gasteiger charge is 2.19. The normalized spacial score (nSPS) is 21.4. The van der Waals surface area contributed by atoms with Crippen molar-refractivity contribution >= 4 is 5.57 Å². The van der Waals surface area contributed by atoms with Gasteiger partial charge in [0.2, 0.25) is 0 Å². The smallest absolute Gasteiger partial charge is 0.199 e. The number of hydrogen-bond donors (Lipinski definition) is 1. The lowest BCUT2D eigenvalue weighted by Crippen LogP contribution is -2.09. The fraction of sp³-hybridized carbons (Fsp3) is 0.294. The lowest BCUT2D eigenvalue weighted by molar-refractivity contribution is 0.187. The van der Waals surface area contributed by atoms with E-state index in [9.17, 15) is 5.21 Å². The van der Waals surface area contributed by atoms with Crippen molar-refractivity contribution in [2.45, 2.75) is 20.8 Å². The molecule has 0 amide bonds. The minimum absolute atomic E-state index is 0.421. The van der Waals surface area contributed by atoms with E-state index >= 15 is 0 Å². The van der Waals surface area contributed by atoms with Crippen LogP contribution in [0.1, 0.15) is 25.2 Å². The van der Waals surface area contributed by atoms with Crippen LogP contribution in [0, 0.1) is 18.8 Å². The molecule has 108 valence electrons. The summed E-state index contributed by atoms with van der Waals surface area (Å²) in [6.07, 6.45) is 6.26. The highest BCUT2D eigenvalue weighted by atomic mass is 16.5. The number of nitrogens with zero attached hydrogens (tertiary/aromatic N) is 3. The zero-order valence-corrected chi connectivity index (χ0v) is 12.5. The van der Waals surface area contributed by atoms with Gasteiger partial charge in [0.25, 0.3) is 0 Å². The van der Waals surface area contributed by atoms with Crippen molar-refractivity contribution in [2.24, 2.45) is 11.8 Å². The number of rotatable bonds is 2. The summed E-state index contributed by atoms with van der Waals surface area (Å²) in [6.45, 7) is 6.36. The minimum Gasteiger partial charge on any atom is -0.425 e. The molecular formula is C17H19N3O. The van der Waals surface area contributed by atoms with Gasteiger partial charge < -0.3 is 5.21 Å². The maximum Gasteiger partial charge on any atom is 0.199 e. The fourth-order valence-electron chi connectivity index (χ4n) is 2.41. The predicted octanol–water partition coefficient (Wildman–Crippen LogP) is 3.72. The highest BCUT2D eigenvalue weighted by molar-refractivity contribution is 5.72. The lowest BCUT2D eigenvalue weighted by Gasteiger charge is -2.18. The maximum atomic E-state index is 10.4. The Morgan fingerprint density at radius 2 is 1.67 bits per heavy atom. The molecular weight excluding hydrogens is 262 g/mol. The van der Waals surface area contributed by atoms with Crippen LogP contribution < -0.4 is 0 Å². The number of allylic oxidation sites excluding steroid dienone is 4. The molecule has 0 aliphatic heterocycles. The zero-order chi connectivity index (χ0) is 15.0. The second-order valence-corrected chi connectivity index (χ2v) is 5.72. The van der Waals surface area contributed by atoms with Crippen molar-refractivity contribution in [1.82, 2.24) is 14.9 Å². The van der Waals surface area contributed by atoms with Crippen LogP contribution in [0.15, 0.2) is 42.5 Å². The molecule has 21 heavy (non-hydrogen) atoms. The Labute approximate surface area is 124 Å². The molecule has 1 aliphatic carbocycles. The van der Waals surface area contributed by atoms with Gasteiger partial charge in [0.1, 0.15) is 0 Å². The van der Waals surface area contributed by atoms with Crippen LogP contribution in [0.5, 0.6) is 0 Å². The van der Waals surface area contributed by atoms with Gasteiger partial charge in [-0.05, 0) is 18.8 Å². The van der Waals surface area contributed by atoms with Crippen molar-refractivity contribution in [3.8, 4) is 11.4 Å². The number of hydrogen-bond acceptors (Lipinski definition) is 3. The van der Waals surface area contributed by atoms with Crippen LogP contribution in [0.4, 0.5) is 0 Å². The molecule has 3 rings (SSSR count). The van der Waals surface area contributed by atoms with Gasteiger partial charge in [0.15, 0.2) is 11.6 Å². The topological polar surface area (TPSA) is 50.9 Å². The largest absolute Gasteiger partial charge is 0.425 e. The standard InChI is InChI=1S/C17H19N3O/c1-11-4-7-14(8-5-11)16-18-19-17(20(16)21)15-9-6-12(2)13(3)10-15/h4-10,12-13,21H,1-3H3.